The Labute approximate surface area is 117 Å². The molecule has 0 saturated heterocycles. The van der Waals surface area contributed by atoms with Gasteiger partial charge in [0.2, 0.25) is 0 Å². The number of fused-ring (bicyclic) bond motifs is 1. The molecule has 20 heavy (non-hydrogen) atoms. The Kier molecular flexibility index (Phi) is 2.99. The smallest absolute Gasteiger partial charge is 0.146 e. The zero-order valence-electron chi connectivity index (χ0n) is 11.2. The second kappa shape index (κ2) is 4.81. The third-order valence-corrected chi connectivity index (χ3v) is 3.35. The molecule has 0 amide bonds. The van der Waals surface area contributed by atoms with Crippen molar-refractivity contribution in [2.75, 3.05) is 0 Å². The maximum atomic E-state index is 10.4. The molecule has 3 aromatic rings. The first kappa shape index (κ1) is 12.4. The molecule has 0 fully saturated rings. The van der Waals surface area contributed by atoms with Gasteiger partial charge in [-0.3, -0.25) is 0 Å². The van der Waals surface area contributed by atoms with Crippen LogP contribution in [0.1, 0.15) is 11.1 Å². The Morgan fingerprint density at radius 1 is 1.15 bits per heavy atom. The van der Waals surface area contributed by atoms with Crippen LogP contribution >= 0.6 is 0 Å². The molecule has 0 aliphatic heterocycles. The molecule has 3 rings (SSSR count). The number of aromatic hydroxyl groups is 1. The summed E-state index contributed by atoms with van der Waals surface area (Å²) in [5.41, 5.74) is 4.08. The maximum Gasteiger partial charge on any atom is 0.146 e. The highest BCUT2D eigenvalue weighted by molar-refractivity contribution is 5.73. The third-order valence-electron chi connectivity index (χ3n) is 3.35. The minimum atomic E-state index is 0.213. The average Bonchev–Trinajstić information content (AvgIpc) is 2.87. The van der Waals surface area contributed by atoms with Crippen molar-refractivity contribution < 1.29 is 5.11 Å². The summed E-state index contributed by atoms with van der Waals surface area (Å²) in [5, 5.41) is 19.2. The first-order chi connectivity index (χ1) is 9.70. The number of rotatable bonds is 3. The van der Waals surface area contributed by atoms with Gasteiger partial charge < -0.3 is 5.11 Å². The molecule has 1 heterocycles. The number of phenols is 1. The van der Waals surface area contributed by atoms with Crippen LogP contribution in [0.15, 0.2) is 49.1 Å². The Balaban J connectivity index is 2.18. The number of benzene rings is 2. The molecule has 0 radical (unpaired) electrons. The van der Waals surface area contributed by atoms with Crippen LogP contribution in [-0.4, -0.2) is 20.1 Å². The first-order valence-corrected chi connectivity index (χ1v) is 6.45. The second-order valence-corrected chi connectivity index (χ2v) is 4.70. The van der Waals surface area contributed by atoms with Crippen molar-refractivity contribution in [3.05, 3.63) is 60.2 Å². The minimum Gasteiger partial charge on any atom is -0.505 e. The average molecular weight is 265 g/mol. The van der Waals surface area contributed by atoms with Gasteiger partial charge in [0, 0.05) is 5.56 Å². The number of nitrogens with zero attached hydrogens (tertiary/aromatic N) is 3. The molecule has 2 aromatic carbocycles. The second-order valence-electron chi connectivity index (χ2n) is 4.70. The fraction of sp³-hybridized carbons (Fsp3) is 0.125. The van der Waals surface area contributed by atoms with E-state index in [4.69, 9.17) is 0 Å². The van der Waals surface area contributed by atoms with Gasteiger partial charge in [-0.2, -0.15) is 0 Å². The quantitative estimate of drug-likeness (QED) is 0.740. The van der Waals surface area contributed by atoms with Crippen LogP contribution in [0.25, 0.3) is 16.7 Å². The van der Waals surface area contributed by atoms with Crippen molar-refractivity contribution >= 4 is 11.0 Å². The van der Waals surface area contributed by atoms with Crippen LogP contribution in [-0.2, 0) is 6.42 Å². The third kappa shape index (κ3) is 1.95. The molecular weight excluding hydrogens is 250 g/mol. The Morgan fingerprint density at radius 2 is 1.80 bits per heavy atom. The molecule has 1 aromatic heterocycles. The van der Waals surface area contributed by atoms with Crippen molar-refractivity contribution in [1.29, 1.82) is 0 Å². The van der Waals surface area contributed by atoms with E-state index in [1.807, 2.05) is 43.3 Å². The lowest BCUT2D eigenvalue weighted by molar-refractivity contribution is 0.461. The molecule has 0 aliphatic rings. The molecule has 0 aliphatic carbocycles. The van der Waals surface area contributed by atoms with Gasteiger partial charge in [0.25, 0.3) is 0 Å². The van der Waals surface area contributed by atoms with Gasteiger partial charge in [0.15, 0.2) is 0 Å². The fourth-order valence-electron chi connectivity index (χ4n) is 2.26. The van der Waals surface area contributed by atoms with E-state index in [1.165, 1.54) is 4.80 Å². The lowest BCUT2D eigenvalue weighted by Gasteiger charge is -2.10. The number of phenolic OH excluding ortho intramolecular Hbond substituents is 1. The van der Waals surface area contributed by atoms with Crippen LogP contribution in [0.3, 0.4) is 0 Å². The Morgan fingerprint density at radius 3 is 2.40 bits per heavy atom. The molecule has 100 valence electrons. The van der Waals surface area contributed by atoms with Crippen LogP contribution in [0.4, 0.5) is 0 Å². The number of hydrogen-bond donors (Lipinski definition) is 1. The van der Waals surface area contributed by atoms with Crippen molar-refractivity contribution in [3.63, 3.8) is 0 Å². The lowest BCUT2D eigenvalue weighted by Crippen LogP contribution is -2.01. The molecule has 4 nitrogen and oxygen atoms in total. The summed E-state index contributed by atoms with van der Waals surface area (Å²) in [5.74, 6) is 0.213. The number of aryl methyl sites for hydroxylation is 1. The summed E-state index contributed by atoms with van der Waals surface area (Å²) in [4.78, 5) is 1.48. The minimum absolute atomic E-state index is 0.213. The molecule has 1 N–H and O–H groups in total. The first-order valence-electron chi connectivity index (χ1n) is 6.45. The zero-order chi connectivity index (χ0) is 14.1. The SMILES string of the molecule is C=CCc1c(C)ccc(-n2nc3ccccc3n2)c1O. The largest absolute Gasteiger partial charge is 0.505 e. The van der Waals surface area contributed by atoms with E-state index in [-0.39, 0.29) is 5.75 Å². The van der Waals surface area contributed by atoms with E-state index in [0.29, 0.717) is 12.1 Å². The topological polar surface area (TPSA) is 50.9 Å². The molecular formula is C16H15N3O. The predicted octanol–water partition coefficient (Wildman–Crippen LogP) is 3.16. The van der Waals surface area contributed by atoms with E-state index in [1.54, 1.807) is 6.08 Å². The molecule has 0 atom stereocenters. The van der Waals surface area contributed by atoms with Gasteiger partial charge in [-0.15, -0.1) is 21.6 Å². The number of aromatic nitrogens is 3. The number of hydrogen-bond acceptors (Lipinski definition) is 3. The Hall–Kier alpha value is -2.62. The van der Waals surface area contributed by atoms with Gasteiger partial charge in [-0.05, 0) is 37.1 Å². The molecule has 4 heteroatoms. The van der Waals surface area contributed by atoms with E-state index in [9.17, 15) is 5.11 Å². The summed E-state index contributed by atoms with van der Waals surface area (Å²) in [6.45, 7) is 5.69. The van der Waals surface area contributed by atoms with Crippen molar-refractivity contribution in [2.24, 2.45) is 0 Å². The standard InChI is InChI=1S/C16H15N3O/c1-3-6-12-11(2)9-10-15(16(12)20)19-17-13-7-4-5-8-14(13)18-19/h3-5,7-10,20H,1,6H2,2H3. The maximum absolute atomic E-state index is 10.4. The van der Waals surface area contributed by atoms with Gasteiger partial charge in [0.05, 0.1) is 0 Å². The summed E-state index contributed by atoms with van der Waals surface area (Å²) in [6.07, 6.45) is 2.39. The van der Waals surface area contributed by atoms with E-state index in [0.717, 1.165) is 22.2 Å². The van der Waals surface area contributed by atoms with E-state index >= 15 is 0 Å². The normalized spacial score (nSPS) is 10.8. The summed E-state index contributed by atoms with van der Waals surface area (Å²) < 4.78 is 0. The van der Waals surface area contributed by atoms with E-state index < -0.39 is 0 Å². The molecule has 0 saturated carbocycles. The van der Waals surface area contributed by atoms with Gasteiger partial charge in [-0.25, -0.2) is 0 Å². The van der Waals surface area contributed by atoms with Crippen molar-refractivity contribution in [1.82, 2.24) is 15.0 Å². The highest BCUT2D eigenvalue weighted by Gasteiger charge is 2.13. The van der Waals surface area contributed by atoms with Crippen molar-refractivity contribution in [3.8, 4) is 11.4 Å². The summed E-state index contributed by atoms with van der Waals surface area (Å²) in [6, 6.07) is 11.4. The fourth-order valence-corrected chi connectivity index (χ4v) is 2.26. The van der Waals surface area contributed by atoms with Crippen molar-refractivity contribution in [2.45, 2.75) is 13.3 Å². The van der Waals surface area contributed by atoms with Crippen LogP contribution in [0.2, 0.25) is 0 Å². The summed E-state index contributed by atoms with van der Waals surface area (Å²) in [7, 11) is 0. The molecule has 0 spiro atoms. The van der Waals surface area contributed by atoms with Gasteiger partial charge in [0.1, 0.15) is 22.5 Å². The predicted molar refractivity (Wildman–Crippen MR) is 79.2 cm³/mol. The van der Waals surface area contributed by atoms with Gasteiger partial charge >= 0.3 is 0 Å². The highest BCUT2D eigenvalue weighted by Crippen LogP contribution is 2.29. The number of allylic oxidation sites excluding steroid dienone is 1. The van der Waals surface area contributed by atoms with Crippen LogP contribution in [0.5, 0.6) is 5.75 Å². The Bertz CT molecular complexity index is 757. The van der Waals surface area contributed by atoms with E-state index in [2.05, 4.69) is 16.8 Å². The van der Waals surface area contributed by atoms with Crippen LogP contribution in [0, 0.1) is 6.92 Å². The highest BCUT2D eigenvalue weighted by atomic mass is 16.3. The summed E-state index contributed by atoms with van der Waals surface area (Å²) >= 11 is 0. The lowest BCUT2D eigenvalue weighted by atomic mass is 10.0. The molecule has 0 bridgehead atoms. The molecule has 0 unspecified atom stereocenters. The zero-order valence-corrected chi connectivity index (χ0v) is 11.2. The monoisotopic (exact) mass is 265 g/mol. The van der Waals surface area contributed by atoms with Crippen LogP contribution < -0.4 is 0 Å². The van der Waals surface area contributed by atoms with Gasteiger partial charge in [-0.1, -0.05) is 24.3 Å².